The van der Waals surface area contributed by atoms with Gasteiger partial charge >= 0.3 is 11.9 Å². The summed E-state index contributed by atoms with van der Waals surface area (Å²) in [6.07, 6.45) is 1.29. The van der Waals surface area contributed by atoms with Gasteiger partial charge in [0.1, 0.15) is 6.61 Å². The Balaban J connectivity index is 2.06. The number of hydrogen-bond acceptors (Lipinski definition) is 5. The van der Waals surface area contributed by atoms with Gasteiger partial charge in [0, 0.05) is 12.6 Å². The number of pyridine rings is 1. The highest BCUT2D eigenvalue weighted by Gasteiger charge is 2.27. The average molecular weight is 313 g/mol. The third-order valence-corrected chi connectivity index (χ3v) is 3.10. The number of rotatable bonds is 7. The van der Waals surface area contributed by atoms with E-state index in [9.17, 15) is 9.59 Å². The molecule has 0 amide bonds. The molecule has 1 atom stereocenters. The summed E-state index contributed by atoms with van der Waals surface area (Å²) in [4.78, 5) is 28.2. The van der Waals surface area contributed by atoms with Crippen LogP contribution in [0.2, 0.25) is 0 Å². The summed E-state index contributed by atoms with van der Waals surface area (Å²) >= 11 is 0. The fourth-order valence-electron chi connectivity index (χ4n) is 1.96. The molecule has 0 bridgehead atoms. The van der Waals surface area contributed by atoms with Crippen molar-refractivity contribution in [1.82, 2.24) is 4.98 Å². The van der Waals surface area contributed by atoms with Crippen LogP contribution >= 0.6 is 0 Å². The molecule has 0 aliphatic carbocycles. The van der Waals surface area contributed by atoms with Crippen molar-refractivity contribution < 1.29 is 19.1 Å². The van der Waals surface area contributed by atoms with Gasteiger partial charge in [0.15, 0.2) is 0 Å². The zero-order valence-electron chi connectivity index (χ0n) is 13.0. The van der Waals surface area contributed by atoms with E-state index in [0.29, 0.717) is 12.1 Å². The SMILES string of the molecule is CCCC(=O)OC(C(=O)OCc1ccccc1)c1ccccn1. The van der Waals surface area contributed by atoms with Crippen LogP contribution < -0.4 is 0 Å². The first-order valence-electron chi connectivity index (χ1n) is 7.51. The Morgan fingerprint density at radius 2 is 1.83 bits per heavy atom. The first-order valence-corrected chi connectivity index (χ1v) is 7.51. The van der Waals surface area contributed by atoms with Gasteiger partial charge in [0.25, 0.3) is 0 Å². The fraction of sp³-hybridized carbons (Fsp3) is 0.278. The van der Waals surface area contributed by atoms with Crippen LogP contribution in [-0.4, -0.2) is 16.9 Å². The lowest BCUT2D eigenvalue weighted by atomic mass is 10.2. The van der Waals surface area contributed by atoms with Gasteiger partial charge in [-0.15, -0.1) is 0 Å². The highest BCUT2D eigenvalue weighted by molar-refractivity contribution is 5.80. The molecule has 5 nitrogen and oxygen atoms in total. The molecule has 0 saturated heterocycles. The van der Waals surface area contributed by atoms with Crippen LogP contribution in [0.1, 0.15) is 37.1 Å². The van der Waals surface area contributed by atoms with E-state index in [1.54, 1.807) is 24.4 Å². The van der Waals surface area contributed by atoms with Crippen LogP contribution in [0.4, 0.5) is 0 Å². The van der Waals surface area contributed by atoms with E-state index in [1.807, 2.05) is 37.3 Å². The Bertz CT molecular complexity index is 628. The molecule has 1 aromatic carbocycles. The molecular weight excluding hydrogens is 294 g/mol. The second-order valence-electron chi connectivity index (χ2n) is 4.97. The molecule has 0 radical (unpaired) electrons. The quantitative estimate of drug-likeness (QED) is 0.734. The van der Waals surface area contributed by atoms with Gasteiger partial charge in [-0.25, -0.2) is 4.79 Å². The van der Waals surface area contributed by atoms with Crippen molar-refractivity contribution in [3.05, 3.63) is 66.0 Å². The first kappa shape index (κ1) is 16.7. The topological polar surface area (TPSA) is 65.5 Å². The van der Waals surface area contributed by atoms with Gasteiger partial charge in [-0.3, -0.25) is 9.78 Å². The molecule has 0 N–H and O–H groups in total. The van der Waals surface area contributed by atoms with E-state index < -0.39 is 18.0 Å². The monoisotopic (exact) mass is 313 g/mol. The summed E-state index contributed by atoms with van der Waals surface area (Å²) in [5.41, 5.74) is 1.22. The minimum Gasteiger partial charge on any atom is -0.458 e. The van der Waals surface area contributed by atoms with Gasteiger partial charge < -0.3 is 9.47 Å². The minimum atomic E-state index is -1.14. The summed E-state index contributed by atoms with van der Waals surface area (Å²) in [5, 5.41) is 0. The molecule has 2 aromatic rings. The summed E-state index contributed by atoms with van der Waals surface area (Å²) in [5.74, 6) is -1.07. The Morgan fingerprint density at radius 1 is 1.09 bits per heavy atom. The lowest BCUT2D eigenvalue weighted by Crippen LogP contribution is -2.22. The van der Waals surface area contributed by atoms with Gasteiger partial charge in [0.05, 0.1) is 5.69 Å². The maximum Gasteiger partial charge on any atom is 0.354 e. The third kappa shape index (κ3) is 5.21. The van der Waals surface area contributed by atoms with Crippen LogP contribution in [0.15, 0.2) is 54.7 Å². The molecule has 120 valence electrons. The summed E-state index contributed by atoms with van der Waals surface area (Å²) in [6.45, 7) is 1.99. The van der Waals surface area contributed by atoms with E-state index in [1.165, 1.54) is 0 Å². The van der Waals surface area contributed by atoms with Crippen LogP contribution in [-0.2, 0) is 25.7 Å². The zero-order chi connectivity index (χ0) is 16.5. The van der Waals surface area contributed by atoms with Crippen LogP contribution in [0.25, 0.3) is 0 Å². The molecule has 5 heteroatoms. The molecule has 23 heavy (non-hydrogen) atoms. The van der Waals surface area contributed by atoms with Crippen molar-refractivity contribution in [2.75, 3.05) is 0 Å². The van der Waals surface area contributed by atoms with Gasteiger partial charge in [-0.05, 0) is 24.1 Å². The normalized spacial score (nSPS) is 11.5. The Morgan fingerprint density at radius 3 is 2.48 bits per heavy atom. The van der Waals surface area contributed by atoms with Gasteiger partial charge in [0.2, 0.25) is 6.10 Å². The number of nitrogens with zero attached hydrogens (tertiary/aromatic N) is 1. The third-order valence-electron chi connectivity index (χ3n) is 3.10. The first-order chi connectivity index (χ1) is 11.2. The van der Waals surface area contributed by atoms with E-state index >= 15 is 0 Å². The highest BCUT2D eigenvalue weighted by atomic mass is 16.6. The molecular formula is C18H19NO4. The lowest BCUT2D eigenvalue weighted by molar-refractivity contribution is -0.169. The second kappa shape index (κ2) is 8.68. The molecule has 2 rings (SSSR count). The van der Waals surface area contributed by atoms with Crippen molar-refractivity contribution in [3.8, 4) is 0 Å². The van der Waals surface area contributed by atoms with Crippen molar-refractivity contribution in [3.63, 3.8) is 0 Å². The van der Waals surface area contributed by atoms with Gasteiger partial charge in [-0.1, -0.05) is 43.3 Å². The van der Waals surface area contributed by atoms with E-state index in [-0.39, 0.29) is 13.0 Å². The lowest BCUT2D eigenvalue weighted by Gasteiger charge is -2.16. The maximum absolute atomic E-state index is 12.3. The predicted octanol–water partition coefficient (Wildman–Crippen LogP) is 3.21. The van der Waals surface area contributed by atoms with Crippen molar-refractivity contribution in [2.45, 2.75) is 32.5 Å². The summed E-state index contributed by atoms with van der Waals surface area (Å²) in [6, 6.07) is 14.4. The number of aromatic nitrogens is 1. The number of esters is 2. The van der Waals surface area contributed by atoms with Crippen LogP contribution in [0.5, 0.6) is 0 Å². The average Bonchev–Trinajstić information content (AvgIpc) is 2.59. The molecule has 1 unspecified atom stereocenters. The fourth-order valence-corrected chi connectivity index (χ4v) is 1.96. The van der Waals surface area contributed by atoms with Crippen molar-refractivity contribution in [2.24, 2.45) is 0 Å². The minimum absolute atomic E-state index is 0.119. The smallest absolute Gasteiger partial charge is 0.354 e. The van der Waals surface area contributed by atoms with Crippen molar-refractivity contribution in [1.29, 1.82) is 0 Å². The summed E-state index contributed by atoms with van der Waals surface area (Å²) < 4.78 is 10.5. The Labute approximate surface area is 135 Å². The van der Waals surface area contributed by atoms with Crippen molar-refractivity contribution >= 4 is 11.9 Å². The van der Waals surface area contributed by atoms with Crippen LogP contribution in [0, 0.1) is 0 Å². The highest BCUT2D eigenvalue weighted by Crippen LogP contribution is 2.19. The molecule has 0 saturated carbocycles. The van der Waals surface area contributed by atoms with Gasteiger partial charge in [-0.2, -0.15) is 0 Å². The van der Waals surface area contributed by atoms with Crippen LogP contribution in [0.3, 0.4) is 0 Å². The second-order valence-corrected chi connectivity index (χ2v) is 4.97. The maximum atomic E-state index is 12.3. The van der Waals surface area contributed by atoms with E-state index in [2.05, 4.69) is 4.98 Å². The molecule has 0 aliphatic rings. The molecule has 0 spiro atoms. The number of carbonyl (C=O) groups excluding carboxylic acids is 2. The molecule has 1 heterocycles. The van der Waals surface area contributed by atoms with E-state index in [4.69, 9.17) is 9.47 Å². The standard InChI is InChI=1S/C18H19NO4/c1-2-8-16(20)23-17(15-11-6-7-12-19-15)18(21)22-13-14-9-4-3-5-10-14/h3-7,9-12,17H,2,8,13H2,1H3. The largest absolute Gasteiger partial charge is 0.458 e. The molecule has 0 fully saturated rings. The Kier molecular flexibility index (Phi) is 6.29. The Hall–Kier alpha value is -2.69. The number of carbonyl (C=O) groups is 2. The number of hydrogen-bond donors (Lipinski definition) is 0. The zero-order valence-corrected chi connectivity index (χ0v) is 13.0. The number of benzene rings is 1. The summed E-state index contributed by atoms with van der Waals surface area (Å²) in [7, 11) is 0. The molecule has 1 aromatic heterocycles. The number of ether oxygens (including phenoxy) is 2. The predicted molar refractivity (Wildman–Crippen MR) is 84.2 cm³/mol. The van der Waals surface area contributed by atoms with E-state index in [0.717, 1.165) is 5.56 Å². The molecule has 0 aliphatic heterocycles.